The molecular formula is C11H9ClFN3O2S. The lowest BCUT2D eigenvalue weighted by Gasteiger charge is -2.07. The lowest BCUT2D eigenvalue weighted by Crippen LogP contribution is -2.14. The number of aromatic nitrogens is 2. The maximum Gasteiger partial charge on any atom is 0.263 e. The fourth-order valence-corrected chi connectivity index (χ4v) is 2.48. The van der Waals surface area contributed by atoms with Crippen LogP contribution in [0.1, 0.15) is 5.56 Å². The molecule has 19 heavy (non-hydrogen) atoms. The summed E-state index contributed by atoms with van der Waals surface area (Å²) in [7, 11) is -3.91. The molecule has 0 aliphatic rings. The number of hydrogen-bond donors (Lipinski definition) is 1. The van der Waals surface area contributed by atoms with Crippen molar-refractivity contribution < 1.29 is 12.8 Å². The van der Waals surface area contributed by atoms with Crippen LogP contribution in [0.4, 0.5) is 10.2 Å². The van der Waals surface area contributed by atoms with E-state index < -0.39 is 15.8 Å². The average Bonchev–Trinajstić information content (AvgIpc) is 2.32. The Bertz CT molecular complexity index is 722. The first-order valence-electron chi connectivity index (χ1n) is 5.15. The van der Waals surface area contributed by atoms with Gasteiger partial charge in [0, 0.05) is 6.07 Å². The monoisotopic (exact) mass is 301 g/mol. The third-order valence-corrected chi connectivity index (χ3v) is 3.89. The van der Waals surface area contributed by atoms with Gasteiger partial charge in [-0.2, -0.15) is 0 Å². The summed E-state index contributed by atoms with van der Waals surface area (Å²) in [5.74, 6) is -0.579. The predicted molar refractivity (Wildman–Crippen MR) is 69.0 cm³/mol. The van der Waals surface area contributed by atoms with E-state index in [1.54, 1.807) is 6.92 Å². The summed E-state index contributed by atoms with van der Waals surface area (Å²) in [4.78, 5) is 7.15. The standard InChI is InChI=1S/C11H9ClFN3O2S/c1-7-2-3-8(4-9(7)13)19(17,18)16-11-5-10(12)14-6-15-11/h2-6H,1H3,(H,14,15,16). The van der Waals surface area contributed by atoms with E-state index in [0.29, 0.717) is 5.56 Å². The van der Waals surface area contributed by atoms with E-state index in [-0.39, 0.29) is 15.9 Å². The molecule has 1 aromatic carbocycles. The van der Waals surface area contributed by atoms with Crippen molar-refractivity contribution in [3.63, 3.8) is 0 Å². The van der Waals surface area contributed by atoms with E-state index in [1.807, 2.05) is 0 Å². The topological polar surface area (TPSA) is 72.0 Å². The van der Waals surface area contributed by atoms with Crippen molar-refractivity contribution >= 4 is 27.4 Å². The average molecular weight is 302 g/mol. The molecule has 1 N–H and O–H groups in total. The van der Waals surface area contributed by atoms with E-state index in [9.17, 15) is 12.8 Å². The molecule has 1 heterocycles. The van der Waals surface area contributed by atoms with Crippen LogP contribution in [-0.4, -0.2) is 18.4 Å². The number of hydrogen-bond acceptors (Lipinski definition) is 4. The molecule has 0 unspecified atom stereocenters. The van der Waals surface area contributed by atoms with Gasteiger partial charge in [-0.05, 0) is 24.6 Å². The number of anilines is 1. The zero-order valence-electron chi connectivity index (χ0n) is 9.76. The van der Waals surface area contributed by atoms with E-state index in [4.69, 9.17) is 11.6 Å². The maximum atomic E-state index is 13.4. The summed E-state index contributed by atoms with van der Waals surface area (Å²) >= 11 is 5.62. The summed E-state index contributed by atoms with van der Waals surface area (Å²) in [5, 5.41) is 0.0998. The Morgan fingerprint density at radius 3 is 2.63 bits per heavy atom. The van der Waals surface area contributed by atoms with Crippen molar-refractivity contribution in [1.82, 2.24) is 9.97 Å². The molecule has 0 fully saturated rings. The number of sulfonamides is 1. The number of rotatable bonds is 3. The number of nitrogens with zero attached hydrogens (tertiary/aromatic N) is 2. The second-order valence-corrected chi connectivity index (χ2v) is 5.81. The molecule has 2 rings (SSSR count). The first kappa shape index (κ1) is 13.7. The van der Waals surface area contributed by atoms with Gasteiger partial charge >= 0.3 is 0 Å². The molecule has 0 aliphatic carbocycles. The predicted octanol–water partition coefficient (Wildman–Crippen LogP) is 2.38. The number of aryl methyl sites for hydroxylation is 1. The van der Waals surface area contributed by atoms with Gasteiger partial charge in [0.1, 0.15) is 23.1 Å². The normalized spacial score (nSPS) is 11.3. The number of nitrogens with one attached hydrogen (secondary N) is 1. The zero-order chi connectivity index (χ0) is 14.0. The summed E-state index contributed by atoms with van der Waals surface area (Å²) in [6.07, 6.45) is 1.12. The third-order valence-electron chi connectivity index (χ3n) is 2.33. The largest absolute Gasteiger partial charge is 0.263 e. The molecule has 2 aromatic rings. The molecule has 1 aromatic heterocycles. The van der Waals surface area contributed by atoms with Gasteiger partial charge in [-0.25, -0.2) is 22.8 Å². The van der Waals surface area contributed by atoms with Gasteiger partial charge < -0.3 is 0 Å². The minimum absolute atomic E-state index is 0.0148. The highest BCUT2D eigenvalue weighted by molar-refractivity contribution is 7.92. The summed E-state index contributed by atoms with van der Waals surface area (Å²) < 4.78 is 39.6. The van der Waals surface area contributed by atoms with Crippen molar-refractivity contribution in [2.45, 2.75) is 11.8 Å². The zero-order valence-corrected chi connectivity index (χ0v) is 11.3. The van der Waals surface area contributed by atoms with Crippen LogP contribution in [0.15, 0.2) is 35.5 Å². The molecule has 5 nitrogen and oxygen atoms in total. The van der Waals surface area contributed by atoms with Gasteiger partial charge in [0.15, 0.2) is 0 Å². The Labute approximate surface area is 114 Å². The number of halogens is 2. The highest BCUT2D eigenvalue weighted by Crippen LogP contribution is 2.18. The van der Waals surface area contributed by atoms with Crippen LogP contribution in [0, 0.1) is 12.7 Å². The smallest absolute Gasteiger partial charge is 0.263 e. The van der Waals surface area contributed by atoms with Gasteiger partial charge in [0.25, 0.3) is 10.0 Å². The van der Waals surface area contributed by atoms with E-state index in [1.165, 1.54) is 18.2 Å². The molecule has 0 amide bonds. The van der Waals surface area contributed by atoms with Crippen molar-refractivity contribution in [3.05, 3.63) is 47.1 Å². The van der Waals surface area contributed by atoms with Gasteiger partial charge in [0.2, 0.25) is 0 Å². The van der Waals surface area contributed by atoms with Crippen LogP contribution in [-0.2, 0) is 10.0 Å². The summed E-state index contributed by atoms with van der Waals surface area (Å²) in [6.45, 7) is 1.54. The van der Waals surface area contributed by atoms with Gasteiger partial charge in [-0.1, -0.05) is 17.7 Å². The number of benzene rings is 1. The van der Waals surface area contributed by atoms with Gasteiger partial charge in [0.05, 0.1) is 4.90 Å². The van der Waals surface area contributed by atoms with Gasteiger partial charge in [-0.3, -0.25) is 4.72 Å². The SMILES string of the molecule is Cc1ccc(S(=O)(=O)Nc2cc(Cl)ncn2)cc1F. The van der Waals surface area contributed by atoms with Crippen LogP contribution >= 0.6 is 11.6 Å². The molecule has 0 saturated carbocycles. The molecule has 8 heteroatoms. The Hall–Kier alpha value is -1.73. The first-order valence-corrected chi connectivity index (χ1v) is 7.01. The highest BCUT2D eigenvalue weighted by atomic mass is 35.5. The molecular weight excluding hydrogens is 293 g/mol. The Balaban J connectivity index is 2.35. The minimum Gasteiger partial charge on any atom is -0.263 e. The maximum absolute atomic E-state index is 13.4. The van der Waals surface area contributed by atoms with Crippen LogP contribution in [0.3, 0.4) is 0 Å². The fourth-order valence-electron chi connectivity index (χ4n) is 1.33. The van der Waals surface area contributed by atoms with Gasteiger partial charge in [-0.15, -0.1) is 0 Å². The second-order valence-electron chi connectivity index (χ2n) is 3.74. The Morgan fingerprint density at radius 2 is 2.00 bits per heavy atom. The van der Waals surface area contributed by atoms with Crippen molar-refractivity contribution in [1.29, 1.82) is 0 Å². The molecule has 0 bridgehead atoms. The molecule has 0 aliphatic heterocycles. The van der Waals surface area contributed by atoms with Crippen molar-refractivity contribution in [3.8, 4) is 0 Å². The third kappa shape index (κ3) is 3.18. The molecule has 100 valence electrons. The Morgan fingerprint density at radius 1 is 1.26 bits per heavy atom. The molecule has 0 saturated heterocycles. The van der Waals surface area contributed by atoms with E-state index in [0.717, 1.165) is 12.4 Å². The summed E-state index contributed by atoms with van der Waals surface area (Å²) in [5.41, 5.74) is 0.365. The second kappa shape index (κ2) is 5.10. The van der Waals surface area contributed by atoms with E-state index >= 15 is 0 Å². The first-order chi connectivity index (χ1) is 8.88. The quantitative estimate of drug-likeness (QED) is 0.884. The highest BCUT2D eigenvalue weighted by Gasteiger charge is 2.16. The minimum atomic E-state index is -3.91. The van der Waals surface area contributed by atoms with Crippen LogP contribution < -0.4 is 4.72 Å². The van der Waals surface area contributed by atoms with Crippen molar-refractivity contribution in [2.24, 2.45) is 0 Å². The molecule has 0 spiro atoms. The lowest BCUT2D eigenvalue weighted by atomic mass is 10.2. The van der Waals surface area contributed by atoms with Crippen molar-refractivity contribution in [2.75, 3.05) is 4.72 Å². The van der Waals surface area contributed by atoms with Crippen LogP contribution in [0.25, 0.3) is 0 Å². The van der Waals surface area contributed by atoms with Crippen LogP contribution in [0.2, 0.25) is 5.15 Å². The molecule has 0 radical (unpaired) electrons. The fraction of sp³-hybridized carbons (Fsp3) is 0.0909. The van der Waals surface area contributed by atoms with E-state index in [2.05, 4.69) is 14.7 Å². The van der Waals surface area contributed by atoms with Crippen LogP contribution in [0.5, 0.6) is 0 Å². The molecule has 0 atom stereocenters. The summed E-state index contributed by atoms with van der Waals surface area (Å²) in [6, 6.07) is 4.89. The Kier molecular flexibility index (Phi) is 3.68. The lowest BCUT2D eigenvalue weighted by molar-refractivity contribution is 0.593.